The zero-order valence-corrected chi connectivity index (χ0v) is 14.9. The van der Waals surface area contributed by atoms with Crippen molar-refractivity contribution in [3.05, 3.63) is 65.2 Å². The van der Waals surface area contributed by atoms with E-state index in [4.69, 9.17) is 0 Å². The van der Waals surface area contributed by atoms with Crippen LogP contribution in [0.1, 0.15) is 40.4 Å². The Labute approximate surface area is 153 Å². The topological polar surface area (TPSA) is 61.4 Å². The Morgan fingerprint density at radius 3 is 2.38 bits per heavy atom. The molecule has 4 rings (SSSR count). The first kappa shape index (κ1) is 16.6. The van der Waals surface area contributed by atoms with Crippen molar-refractivity contribution in [1.29, 1.82) is 0 Å². The summed E-state index contributed by atoms with van der Waals surface area (Å²) in [5.41, 5.74) is 3.81. The predicted octanol–water partition coefficient (Wildman–Crippen LogP) is 3.41. The number of amides is 3. The zero-order chi connectivity index (χ0) is 18.1. The number of rotatable bonds is 5. The summed E-state index contributed by atoms with van der Waals surface area (Å²) in [4.78, 5) is 26.1. The van der Waals surface area contributed by atoms with Gasteiger partial charge >= 0.3 is 6.03 Å². The maximum Gasteiger partial charge on any atom is 0.321 e. The maximum absolute atomic E-state index is 12.7. The molecule has 0 aromatic heterocycles. The lowest BCUT2D eigenvalue weighted by atomic mass is 10.0. The Morgan fingerprint density at radius 1 is 1.12 bits per heavy atom. The van der Waals surface area contributed by atoms with Gasteiger partial charge in [-0.25, -0.2) is 4.79 Å². The van der Waals surface area contributed by atoms with Gasteiger partial charge in [0.15, 0.2) is 0 Å². The zero-order valence-electron chi connectivity index (χ0n) is 14.9. The third-order valence-electron chi connectivity index (χ3n) is 5.11. The Balaban J connectivity index is 1.48. The van der Waals surface area contributed by atoms with Crippen molar-refractivity contribution in [2.45, 2.75) is 25.8 Å². The number of benzene rings is 2. The number of hydrogen-bond donors (Lipinski definition) is 2. The number of urea groups is 1. The molecule has 1 aliphatic heterocycles. The number of nitrogens with one attached hydrogen (secondary N) is 2. The summed E-state index contributed by atoms with van der Waals surface area (Å²) in [6.45, 7) is 3.37. The molecule has 2 aliphatic rings. The van der Waals surface area contributed by atoms with Crippen molar-refractivity contribution < 1.29 is 9.59 Å². The van der Waals surface area contributed by atoms with E-state index in [0.717, 1.165) is 24.1 Å². The fraction of sp³-hybridized carbons (Fsp3) is 0.333. The van der Waals surface area contributed by atoms with Crippen molar-refractivity contribution in [1.82, 2.24) is 10.6 Å². The standard InChI is InChI=1S/C21H23N3O2/c1-14-2-4-15(5-3-14)19(16-6-7-16)23-20(25)17-8-10-18(11-9-17)24-13-12-22-21(24)26/h2-5,8-11,16,19H,6-7,12-13H2,1H3,(H,22,26)(H,23,25). The number of hydrogen-bond acceptors (Lipinski definition) is 2. The molecule has 26 heavy (non-hydrogen) atoms. The fourth-order valence-electron chi connectivity index (χ4n) is 3.41. The van der Waals surface area contributed by atoms with Crippen molar-refractivity contribution in [2.75, 3.05) is 18.0 Å². The van der Waals surface area contributed by atoms with Gasteiger partial charge in [0.05, 0.1) is 6.04 Å². The minimum Gasteiger partial charge on any atom is -0.345 e. The molecule has 5 nitrogen and oxygen atoms in total. The highest BCUT2D eigenvalue weighted by molar-refractivity contribution is 5.97. The maximum atomic E-state index is 12.7. The average molecular weight is 349 g/mol. The highest BCUT2D eigenvalue weighted by Gasteiger charge is 2.33. The number of nitrogens with zero attached hydrogens (tertiary/aromatic N) is 1. The molecule has 2 N–H and O–H groups in total. The normalized spacial score (nSPS) is 17.7. The van der Waals surface area contributed by atoms with Gasteiger partial charge in [-0.15, -0.1) is 0 Å². The molecule has 0 bridgehead atoms. The van der Waals surface area contributed by atoms with E-state index in [0.29, 0.717) is 24.6 Å². The summed E-state index contributed by atoms with van der Waals surface area (Å²) in [6, 6.07) is 15.6. The molecular formula is C21H23N3O2. The molecular weight excluding hydrogens is 326 g/mol. The van der Waals surface area contributed by atoms with Crippen LogP contribution >= 0.6 is 0 Å². The van der Waals surface area contributed by atoms with Crippen LogP contribution in [0.3, 0.4) is 0 Å². The molecule has 3 amide bonds. The van der Waals surface area contributed by atoms with Gasteiger partial charge < -0.3 is 10.6 Å². The summed E-state index contributed by atoms with van der Waals surface area (Å²) in [5, 5.41) is 5.98. The summed E-state index contributed by atoms with van der Waals surface area (Å²) in [5.74, 6) is 0.453. The lowest BCUT2D eigenvalue weighted by Crippen LogP contribution is -2.30. The summed E-state index contributed by atoms with van der Waals surface area (Å²) >= 11 is 0. The number of anilines is 1. The van der Waals surface area contributed by atoms with E-state index in [1.165, 1.54) is 5.56 Å². The first-order valence-corrected chi connectivity index (χ1v) is 9.15. The van der Waals surface area contributed by atoms with E-state index < -0.39 is 0 Å². The highest BCUT2D eigenvalue weighted by Crippen LogP contribution is 2.41. The first-order valence-electron chi connectivity index (χ1n) is 9.15. The van der Waals surface area contributed by atoms with Crippen LogP contribution in [-0.2, 0) is 0 Å². The van der Waals surface area contributed by atoms with Crippen LogP contribution in [0.2, 0.25) is 0 Å². The van der Waals surface area contributed by atoms with Crippen molar-refractivity contribution in [3.8, 4) is 0 Å². The molecule has 1 unspecified atom stereocenters. The van der Waals surface area contributed by atoms with Crippen LogP contribution in [0, 0.1) is 12.8 Å². The van der Waals surface area contributed by atoms with Crippen LogP contribution in [0.25, 0.3) is 0 Å². The summed E-state index contributed by atoms with van der Waals surface area (Å²) in [7, 11) is 0. The van der Waals surface area contributed by atoms with Gasteiger partial charge in [-0.2, -0.15) is 0 Å². The molecule has 5 heteroatoms. The van der Waals surface area contributed by atoms with Crippen molar-refractivity contribution >= 4 is 17.6 Å². The van der Waals surface area contributed by atoms with E-state index >= 15 is 0 Å². The fourth-order valence-corrected chi connectivity index (χ4v) is 3.41. The monoisotopic (exact) mass is 349 g/mol. The second-order valence-electron chi connectivity index (χ2n) is 7.13. The summed E-state index contributed by atoms with van der Waals surface area (Å²) in [6.07, 6.45) is 2.31. The lowest BCUT2D eigenvalue weighted by Gasteiger charge is -2.20. The first-order chi connectivity index (χ1) is 12.6. The molecule has 1 atom stereocenters. The second-order valence-corrected chi connectivity index (χ2v) is 7.13. The molecule has 1 aliphatic carbocycles. The molecule has 134 valence electrons. The van der Waals surface area contributed by atoms with E-state index in [-0.39, 0.29) is 18.0 Å². The average Bonchev–Trinajstić information content (AvgIpc) is 3.41. The van der Waals surface area contributed by atoms with Gasteiger partial charge in [-0.1, -0.05) is 29.8 Å². The molecule has 1 saturated carbocycles. The number of aryl methyl sites for hydroxylation is 1. The van der Waals surface area contributed by atoms with E-state index in [1.54, 1.807) is 17.0 Å². The largest absolute Gasteiger partial charge is 0.345 e. The number of carbonyl (C=O) groups excluding carboxylic acids is 2. The van der Waals surface area contributed by atoms with Gasteiger partial charge in [0, 0.05) is 24.3 Å². The van der Waals surface area contributed by atoms with Crippen molar-refractivity contribution in [3.63, 3.8) is 0 Å². The lowest BCUT2D eigenvalue weighted by molar-refractivity contribution is 0.0931. The highest BCUT2D eigenvalue weighted by atomic mass is 16.2. The van der Waals surface area contributed by atoms with Gasteiger partial charge in [0.2, 0.25) is 0 Å². The third-order valence-corrected chi connectivity index (χ3v) is 5.11. The van der Waals surface area contributed by atoms with Crippen molar-refractivity contribution in [2.24, 2.45) is 5.92 Å². The smallest absolute Gasteiger partial charge is 0.321 e. The van der Waals surface area contributed by atoms with Crippen LogP contribution in [0.15, 0.2) is 48.5 Å². The minimum absolute atomic E-state index is 0.0622. The molecule has 0 radical (unpaired) electrons. The van der Waals surface area contributed by atoms with Crippen LogP contribution in [0.4, 0.5) is 10.5 Å². The third kappa shape index (κ3) is 3.43. The van der Waals surface area contributed by atoms with Crippen LogP contribution in [0.5, 0.6) is 0 Å². The van der Waals surface area contributed by atoms with E-state index in [1.807, 2.05) is 12.1 Å². The predicted molar refractivity (Wildman–Crippen MR) is 101 cm³/mol. The Hall–Kier alpha value is -2.82. The number of carbonyl (C=O) groups is 2. The Morgan fingerprint density at radius 2 is 1.81 bits per heavy atom. The summed E-state index contributed by atoms with van der Waals surface area (Å²) < 4.78 is 0. The Bertz CT molecular complexity index is 810. The van der Waals surface area contributed by atoms with Crippen LogP contribution < -0.4 is 15.5 Å². The quantitative estimate of drug-likeness (QED) is 0.869. The van der Waals surface area contributed by atoms with E-state index in [9.17, 15) is 9.59 Å². The molecule has 1 saturated heterocycles. The SMILES string of the molecule is Cc1ccc(C(NC(=O)c2ccc(N3CCNC3=O)cc2)C2CC2)cc1. The molecule has 1 heterocycles. The molecule has 2 aromatic rings. The van der Waals surface area contributed by atoms with Gasteiger partial charge in [-0.05, 0) is 55.5 Å². The van der Waals surface area contributed by atoms with Gasteiger partial charge in [0.1, 0.15) is 0 Å². The second kappa shape index (κ2) is 6.83. The van der Waals surface area contributed by atoms with Crippen LogP contribution in [-0.4, -0.2) is 25.0 Å². The Kier molecular flexibility index (Phi) is 4.37. The minimum atomic E-state index is -0.0876. The molecule has 2 fully saturated rings. The van der Waals surface area contributed by atoms with E-state index in [2.05, 4.69) is 41.8 Å². The van der Waals surface area contributed by atoms with Gasteiger partial charge in [-0.3, -0.25) is 9.69 Å². The molecule has 0 spiro atoms. The molecule has 2 aromatic carbocycles. The van der Waals surface area contributed by atoms with Gasteiger partial charge in [0.25, 0.3) is 5.91 Å².